The predicted octanol–water partition coefficient (Wildman–Crippen LogP) is 8.75. The summed E-state index contributed by atoms with van der Waals surface area (Å²) in [4.78, 5) is 63.8. The van der Waals surface area contributed by atoms with Crippen molar-refractivity contribution in [3.05, 3.63) is 132 Å². The van der Waals surface area contributed by atoms with Crippen LogP contribution in [0.3, 0.4) is 0 Å². The van der Waals surface area contributed by atoms with Crippen molar-refractivity contribution in [2.24, 2.45) is 0 Å². The van der Waals surface area contributed by atoms with Crippen LogP contribution in [0.5, 0.6) is 11.5 Å². The zero-order chi connectivity index (χ0) is 55.5. The average Bonchev–Trinajstić information content (AvgIpc) is 4.21. The lowest BCUT2D eigenvalue weighted by Crippen LogP contribution is -2.50. The number of Topliss-reactive ketones (excluding diaryl/α,β-unsaturated/α-hetero) is 1. The smallest absolute Gasteiger partial charge is 0.314 e. The Morgan fingerprint density at radius 3 is 1.89 bits per heavy atom. The number of hydrogen-bond acceptors (Lipinski definition) is 12. The van der Waals surface area contributed by atoms with E-state index in [1.165, 1.54) is 6.42 Å². The third-order valence-corrected chi connectivity index (χ3v) is 16.9. The number of carbonyl (C=O) groups is 4. The molecule has 4 atom stereocenters. The number of fused-ring (bicyclic) bond motifs is 4. The highest BCUT2D eigenvalue weighted by atomic mass is 35.5. The van der Waals surface area contributed by atoms with E-state index in [2.05, 4.69) is 36.7 Å². The minimum absolute atomic E-state index is 0.0337. The SMILES string of the molecule is [C-]#[N+]c1cc(Cl)cc2c1C[C@H](N1CCCCC1)[C@H]2Oc1ccc2c(c1)CN(CCOCCCC(=O)CCCCCNC(=O)NCCOCCN1Cc3cc(O[C@H]4c5cc(Cl)cc(C#N)c5C[C@@H]4N4CCNCC4)ccc3C1=O)C2=O. The van der Waals surface area contributed by atoms with Crippen LogP contribution in [-0.2, 0) is 40.2 Å². The van der Waals surface area contributed by atoms with Crippen LogP contribution in [0.2, 0.25) is 10.0 Å². The number of benzene rings is 4. The molecule has 4 aliphatic heterocycles. The number of likely N-dealkylation sites (tertiary alicyclic amines) is 1. The molecule has 10 rings (SSSR count). The summed E-state index contributed by atoms with van der Waals surface area (Å²) in [6.07, 6.45) is 8.25. The van der Waals surface area contributed by atoms with Gasteiger partial charge in [0.05, 0.1) is 50.1 Å². The van der Waals surface area contributed by atoms with Gasteiger partial charge in [0.2, 0.25) is 0 Å². The number of rotatable bonds is 25. The summed E-state index contributed by atoms with van der Waals surface area (Å²) >= 11 is 13.0. The molecule has 4 heterocycles. The Morgan fingerprint density at radius 1 is 0.675 bits per heavy atom. The number of piperidine rings is 1. The second kappa shape index (κ2) is 27.0. The van der Waals surface area contributed by atoms with Crippen molar-refractivity contribution in [1.82, 2.24) is 35.6 Å². The molecule has 2 saturated heterocycles. The molecule has 0 saturated carbocycles. The highest BCUT2D eigenvalue weighted by Crippen LogP contribution is 2.46. The Hall–Kier alpha value is -6.28. The largest absolute Gasteiger partial charge is 0.484 e. The van der Waals surface area contributed by atoms with Gasteiger partial charge >= 0.3 is 6.03 Å². The highest BCUT2D eigenvalue weighted by Gasteiger charge is 2.42. The number of urea groups is 1. The van der Waals surface area contributed by atoms with Gasteiger partial charge in [0.1, 0.15) is 29.5 Å². The number of ether oxygens (including phenoxy) is 4. The Kier molecular flexibility index (Phi) is 19.2. The lowest BCUT2D eigenvalue weighted by molar-refractivity contribution is -0.119. The van der Waals surface area contributed by atoms with Gasteiger partial charge in [-0.15, -0.1) is 0 Å². The van der Waals surface area contributed by atoms with Crippen molar-refractivity contribution < 1.29 is 38.1 Å². The van der Waals surface area contributed by atoms with Gasteiger partial charge < -0.3 is 44.7 Å². The predicted molar refractivity (Wildman–Crippen MR) is 304 cm³/mol. The van der Waals surface area contributed by atoms with Gasteiger partial charge in [0.25, 0.3) is 11.8 Å². The molecule has 2 aliphatic carbocycles. The fraction of sp³-hybridized carbons (Fsp3) is 0.508. The molecule has 0 radical (unpaired) electrons. The first-order valence-electron chi connectivity index (χ1n) is 28.5. The first kappa shape index (κ1) is 57.0. The van der Waals surface area contributed by atoms with Crippen LogP contribution in [0.4, 0.5) is 10.5 Å². The number of ketones is 1. The van der Waals surface area contributed by atoms with Gasteiger partial charge in [-0.1, -0.05) is 36.0 Å². The van der Waals surface area contributed by atoms with E-state index >= 15 is 0 Å². The Bertz CT molecular complexity index is 2810. The molecule has 0 unspecified atom stereocenters. The van der Waals surface area contributed by atoms with Gasteiger partial charge in [0.15, 0.2) is 5.69 Å². The zero-order valence-electron chi connectivity index (χ0n) is 45.4. The molecular formula is C61H71Cl2N9O8. The van der Waals surface area contributed by atoms with E-state index in [0.29, 0.717) is 135 Å². The lowest BCUT2D eigenvalue weighted by atomic mass is 10.0. The van der Waals surface area contributed by atoms with Crippen LogP contribution in [-0.4, -0.2) is 147 Å². The van der Waals surface area contributed by atoms with Crippen molar-refractivity contribution in [2.45, 2.75) is 108 Å². The highest BCUT2D eigenvalue weighted by molar-refractivity contribution is 6.31. The molecule has 2 fully saturated rings. The number of piperazine rings is 1. The maximum atomic E-state index is 13.3. The summed E-state index contributed by atoms with van der Waals surface area (Å²) in [5, 5.41) is 20.0. The molecule has 4 amide bonds. The van der Waals surface area contributed by atoms with E-state index in [1.54, 1.807) is 21.9 Å². The first-order chi connectivity index (χ1) is 39.0. The average molecular weight is 1130 g/mol. The molecule has 4 aromatic rings. The molecule has 17 nitrogen and oxygen atoms in total. The summed E-state index contributed by atoms with van der Waals surface area (Å²) in [5.74, 6) is 1.45. The van der Waals surface area contributed by atoms with Gasteiger partial charge in [0, 0.05) is 106 Å². The minimum atomic E-state index is -0.310. The molecule has 3 N–H and O–H groups in total. The third kappa shape index (κ3) is 13.5. The van der Waals surface area contributed by atoms with E-state index in [0.717, 1.165) is 111 Å². The lowest BCUT2D eigenvalue weighted by Gasteiger charge is -2.36. The maximum absolute atomic E-state index is 13.3. The van der Waals surface area contributed by atoms with E-state index in [9.17, 15) is 24.4 Å². The molecule has 19 heteroatoms. The molecule has 80 heavy (non-hydrogen) atoms. The van der Waals surface area contributed by atoms with Gasteiger partial charge in [-0.25, -0.2) is 9.64 Å². The summed E-state index contributed by atoms with van der Waals surface area (Å²) < 4.78 is 25.1. The number of nitriles is 1. The Labute approximate surface area is 478 Å². The quantitative estimate of drug-likeness (QED) is 0.0425. The molecular weight excluding hydrogens is 1060 g/mol. The van der Waals surface area contributed by atoms with Crippen LogP contribution >= 0.6 is 23.2 Å². The maximum Gasteiger partial charge on any atom is 0.314 e. The second-order valence-electron chi connectivity index (χ2n) is 21.7. The Morgan fingerprint density at radius 2 is 1.25 bits per heavy atom. The number of nitrogens with one attached hydrogen (secondary N) is 3. The second-order valence-corrected chi connectivity index (χ2v) is 22.6. The van der Waals surface area contributed by atoms with Crippen LogP contribution in [0, 0.1) is 17.9 Å². The molecule has 422 valence electrons. The fourth-order valence-electron chi connectivity index (χ4n) is 12.4. The minimum Gasteiger partial charge on any atom is -0.484 e. The van der Waals surface area contributed by atoms with Gasteiger partial charge in [-0.3, -0.25) is 24.2 Å². The molecule has 6 aliphatic rings. The topological polar surface area (TPSA) is 182 Å². The Balaban J connectivity index is 0.552. The van der Waals surface area contributed by atoms with Crippen LogP contribution in [0.1, 0.15) is 130 Å². The van der Waals surface area contributed by atoms with Crippen molar-refractivity contribution in [3.8, 4) is 17.6 Å². The van der Waals surface area contributed by atoms with Gasteiger partial charge in [-0.2, -0.15) is 5.26 Å². The number of halogens is 2. The number of hydrogen-bond donors (Lipinski definition) is 3. The van der Waals surface area contributed by atoms with E-state index in [-0.39, 0.29) is 47.9 Å². The number of carbonyl (C=O) groups excluding carboxylic acids is 4. The van der Waals surface area contributed by atoms with Crippen LogP contribution < -0.4 is 25.4 Å². The standard InChI is InChI=1S/C61H71Cl2N9O8/c1-65-54-34-44(63)33-53-51(54)36-56(69-19-6-3-7-20-69)58(53)80-47-12-14-48-42(31-47)38-71(59(48)74)23-27-77-25-8-10-45(73)9-4-2-5-15-67-61(76)68-18-26-78-28-24-72-39-41-30-46(11-13-49(41)60(72)75)79-57-52-32-43(62)29-40(37-64)50(52)35-55(57)70-21-16-66-17-22-70/h11-14,29-34,55-58,66H,2-10,15-28,35-36,38-39H2,(H2,67,68,76)/t55-,56-,57-,58-/m0/s1. The van der Waals surface area contributed by atoms with Crippen LogP contribution in [0.15, 0.2) is 60.7 Å². The number of amides is 4. The summed E-state index contributed by atoms with van der Waals surface area (Å²) in [5.41, 5.74) is 8.20. The number of unbranched alkanes of at least 4 members (excludes halogenated alkanes) is 2. The van der Waals surface area contributed by atoms with Crippen molar-refractivity contribution >= 4 is 52.5 Å². The van der Waals surface area contributed by atoms with Gasteiger partial charge in [-0.05, 0) is 152 Å². The summed E-state index contributed by atoms with van der Waals surface area (Å²) in [6, 6.07) is 20.9. The van der Waals surface area contributed by atoms with Crippen molar-refractivity contribution in [1.29, 1.82) is 5.26 Å². The number of nitrogens with zero attached hydrogens (tertiary/aromatic N) is 6. The monoisotopic (exact) mass is 1130 g/mol. The zero-order valence-corrected chi connectivity index (χ0v) is 46.9. The van der Waals surface area contributed by atoms with Crippen molar-refractivity contribution in [2.75, 3.05) is 91.9 Å². The summed E-state index contributed by atoms with van der Waals surface area (Å²) in [6.45, 7) is 17.4. The first-order valence-corrected chi connectivity index (χ1v) is 29.3. The molecule has 0 bridgehead atoms. The fourth-order valence-corrected chi connectivity index (χ4v) is 12.8. The van der Waals surface area contributed by atoms with Crippen LogP contribution in [0.25, 0.3) is 4.85 Å². The molecule has 4 aromatic carbocycles. The molecule has 0 aromatic heterocycles. The normalized spacial score (nSPS) is 20.4. The van der Waals surface area contributed by atoms with E-state index in [1.807, 2.05) is 48.5 Å². The van der Waals surface area contributed by atoms with E-state index < -0.39 is 0 Å². The van der Waals surface area contributed by atoms with Crippen molar-refractivity contribution in [3.63, 3.8) is 0 Å². The third-order valence-electron chi connectivity index (χ3n) is 16.5. The van der Waals surface area contributed by atoms with E-state index in [4.69, 9.17) is 48.7 Å². The molecule has 0 spiro atoms. The summed E-state index contributed by atoms with van der Waals surface area (Å²) in [7, 11) is 0.